The van der Waals surface area contributed by atoms with E-state index in [2.05, 4.69) is 11.3 Å². The van der Waals surface area contributed by atoms with Crippen LogP contribution in [0.2, 0.25) is 0 Å². The van der Waals surface area contributed by atoms with Gasteiger partial charge in [-0.05, 0) is 43.7 Å². The molecule has 6 heteroatoms. The molecule has 0 amide bonds. The lowest BCUT2D eigenvalue weighted by molar-refractivity contribution is -0.113. The number of Topliss-reactive ketones (excluding diaryl/α,β-unsaturated/α-hetero) is 1. The van der Waals surface area contributed by atoms with Crippen LogP contribution in [0.25, 0.3) is 0 Å². The number of ether oxygens (including phenoxy) is 1. The summed E-state index contributed by atoms with van der Waals surface area (Å²) in [6, 6.07) is 12.5. The highest BCUT2D eigenvalue weighted by Crippen LogP contribution is 2.25. The number of sulfonamides is 1. The number of carbonyl (C=O) groups excluding carboxylic acids is 1. The average Bonchev–Trinajstić information content (AvgIpc) is 2.60. The van der Waals surface area contributed by atoms with Gasteiger partial charge in [0, 0.05) is 5.57 Å². The van der Waals surface area contributed by atoms with Gasteiger partial charge in [-0.2, -0.15) is 4.72 Å². The van der Waals surface area contributed by atoms with E-state index in [-0.39, 0.29) is 16.3 Å². The third-order valence-corrected chi connectivity index (χ3v) is 5.29. The Labute approximate surface area is 148 Å². The third kappa shape index (κ3) is 4.55. The van der Waals surface area contributed by atoms with Crippen LogP contribution < -0.4 is 9.46 Å². The molecule has 0 saturated carbocycles. The van der Waals surface area contributed by atoms with E-state index in [1.165, 1.54) is 26.2 Å². The molecule has 5 nitrogen and oxygen atoms in total. The molecule has 0 aliphatic carbocycles. The van der Waals surface area contributed by atoms with Crippen molar-refractivity contribution in [2.45, 2.75) is 24.8 Å². The van der Waals surface area contributed by atoms with Gasteiger partial charge >= 0.3 is 0 Å². The normalized spacial score (nSPS) is 12.4. The number of rotatable bonds is 7. The molecule has 0 radical (unpaired) electrons. The minimum Gasteiger partial charge on any atom is -0.497 e. The molecule has 132 valence electrons. The van der Waals surface area contributed by atoms with Crippen molar-refractivity contribution in [3.8, 4) is 5.75 Å². The summed E-state index contributed by atoms with van der Waals surface area (Å²) in [5.74, 6) is 0.283. The lowest BCUT2D eigenvalue weighted by atomic mass is 9.97. The molecule has 0 saturated heterocycles. The summed E-state index contributed by atoms with van der Waals surface area (Å²) in [4.78, 5) is 11.9. The van der Waals surface area contributed by atoms with Crippen molar-refractivity contribution in [2.75, 3.05) is 7.11 Å². The van der Waals surface area contributed by atoms with Crippen molar-refractivity contribution in [3.05, 3.63) is 71.8 Å². The van der Waals surface area contributed by atoms with E-state index >= 15 is 0 Å². The number of benzene rings is 2. The Balaban J connectivity index is 2.38. The number of aryl methyl sites for hydroxylation is 1. The maximum absolute atomic E-state index is 12.7. The summed E-state index contributed by atoms with van der Waals surface area (Å²) in [5, 5.41) is 0. The number of carbonyl (C=O) groups is 1. The summed E-state index contributed by atoms with van der Waals surface area (Å²) in [7, 11) is -2.33. The van der Waals surface area contributed by atoms with Gasteiger partial charge in [-0.3, -0.25) is 4.79 Å². The molecule has 1 atom stereocenters. The van der Waals surface area contributed by atoms with Crippen molar-refractivity contribution in [1.82, 2.24) is 4.72 Å². The topological polar surface area (TPSA) is 72.5 Å². The summed E-state index contributed by atoms with van der Waals surface area (Å²) in [6.45, 7) is 7.06. The molecule has 0 aliphatic heterocycles. The van der Waals surface area contributed by atoms with Crippen molar-refractivity contribution in [1.29, 1.82) is 0 Å². The predicted octanol–water partition coefficient (Wildman–Crippen LogP) is 3.17. The maximum atomic E-state index is 12.7. The van der Waals surface area contributed by atoms with Gasteiger partial charge in [0.1, 0.15) is 5.75 Å². The Hall–Kier alpha value is -2.44. The number of hydrogen-bond donors (Lipinski definition) is 1. The van der Waals surface area contributed by atoms with Gasteiger partial charge in [0.25, 0.3) is 0 Å². The molecule has 0 aliphatic rings. The average molecular weight is 359 g/mol. The lowest BCUT2D eigenvalue weighted by Crippen LogP contribution is -2.31. The predicted molar refractivity (Wildman–Crippen MR) is 97.1 cm³/mol. The molecule has 0 heterocycles. The molecular formula is C19H21NO4S. The molecular weight excluding hydrogens is 338 g/mol. The highest BCUT2D eigenvalue weighted by Gasteiger charge is 2.25. The van der Waals surface area contributed by atoms with Gasteiger partial charge < -0.3 is 4.74 Å². The van der Waals surface area contributed by atoms with Crippen molar-refractivity contribution in [2.24, 2.45) is 0 Å². The highest BCUT2D eigenvalue weighted by atomic mass is 32.2. The molecule has 0 spiro atoms. The Morgan fingerprint density at radius 3 is 2.12 bits per heavy atom. The fraction of sp³-hybridized carbons (Fsp3) is 0.211. The van der Waals surface area contributed by atoms with Crippen LogP contribution in [0, 0.1) is 6.92 Å². The maximum Gasteiger partial charge on any atom is 0.241 e. The molecule has 1 N–H and O–H groups in total. The molecule has 25 heavy (non-hydrogen) atoms. The van der Waals surface area contributed by atoms with Crippen LogP contribution in [0.3, 0.4) is 0 Å². The van der Waals surface area contributed by atoms with Crippen LogP contribution in [-0.4, -0.2) is 21.3 Å². The van der Waals surface area contributed by atoms with Crippen LogP contribution in [0.1, 0.15) is 24.1 Å². The summed E-state index contributed by atoms with van der Waals surface area (Å²) in [5.41, 5.74) is 1.87. The molecule has 2 aromatic carbocycles. The highest BCUT2D eigenvalue weighted by molar-refractivity contribution is 7.89. The molecule has 0 unspecified atom stereocenters. The minimum absolute atomic E-state index is 0.0850. The number of nitrogens with one attached hydrogen (secondary N) is 1. The van der Waals surface area contributed by atoms with E-state index in [1.54, 1.807) is 24.3 Å². The number of methoxy groups -OCH3 is 1. The zero-order valence-corrected chi connectivity index (χ0v) is 15.3. The van der Waals surface area contributed by atoms with E-state index in [9.17, 15) is 13.2 Å². The SMILES string of the molecule is C=C(C(C)=O)[C@@H](NS(=O)(=O)c1ccc(OC)cc1)c1ccc(C)cc1. The fourth-order valence-electron chi connectivity index (χ4n) is 2.28. The Morgan fingerprint density at radius 1 is 1.08 bits per heavy atom. The Bertz CT molecular complexity index is 869. The Kier molecular flexibility index (Phi) is 5.77. The lowest BCUT2D eigenvalue weighted by Gasteiger charge is -2.20. The van der Waals surface area contributed by atoms with Crippen molar-refractivity contribution in [3.63, 3.8) is 0 Å². The van der Waals surface area contributed by atoms with E-state index < -0.39 is 16.1 Å². The second-order valence-corrected chi connectivity index (χ2v) is 7.44. The van der Waals surface area contributed by atoms with Gasteiger partial charge in [0.05, 0.1) is 18.0 Å². The summed E-state index contributed by atoms with van der Waals surface area (Å²) < 4.78 is 33.0. The monoisotopic (exact) mass is 359 g/mol. The van der Waals surface area contributed by atoms with E-state index in [1.807, 2.05) is 19.1 Å². The number of ketones is 1. The molecule has 0 bridgehead atoms. The van der Waals surface area contributed by atoms with E-state index in [0.29, 0.717) is 11.3 Å². The molecule has 2 rings (SSSR count). The largest absolute Gasteiger partial charge is 0.497 e. The first-order valence-electron chi connectivity index (χ1n) is 7.67. The second kappa shape index (κ2) is 7.63. The summed E-state index contributed by atoms with van der Waals surface area (Å²) >= 11 is 0. The molecule has 2 aromatic rings. The minimum atomic E-state index is -3.84. The Morgan fingerprint density at radius 2 is 1.64 bits per heavy atom. The molecule has 0 aromatic heterocycles. The first-order valence-corrected chi connectivity index (χ1v) is 9.15. The smallest absolute Gasteiger partial charge is 0.241 e. The molecule has 0 fully saturated rings. The first-order chi connectivity index (χ1) is 11.7. The van der Waals surface area contributed by atoms with Gasteiger partial charge in [-0.1, -0.05) is 36.4 Å². The van der Waals surface area contributed by atoms with Gasteiger partial charge in [-0.25, -0.2) is 8.42 Å². The fourth-order valence-corrected chi connectivity index (χ4v) is 3.50. The van der Waals surface area contributed by atoms with Crippen LogP contribution in [-0.2, 0) is 14.8 Å². The number of hydrogen-bond acceptors (Lipinski definition) is 4. The third-order valence-electron chi connectivity index (χ3n) is 3.85. The van der Waals surface area contributed by atoms with Gasteiger partial charge in [0.15, 0.2) is 5.78 Å². The van der Waals surface area contributed by atoms with Crippen LogP contribution in [0.15, 0.2) is 65.6 Å². The zero-order chi connectivity index (χ0) is 18.6. The van der Waals surface area contributed by atoms with E-state index in [0.717, 1.165) is 5.56 Å². The van der Waals surface area contributed by atoms with Gasteiger partial charge in [-0.15, -0.1) is 0 Å². The quantitative estimate of drug-likeness (QED) is 0.771. The van der Waals surface area contributed by atoms with Crippen molar-refractivity contribution < 1.29 is 17.9 Å². The first kappa shape index (κ1) is 18.9. The summed E-state index contributed by atoms with van der Waals surface area (Å²) in [6.07, 6.45) is 0. The standard InChI is InChI=1S/C19H21NO4S/c1-13-5-7-16(8-6-13)19(14(2)15(3)21)20-25(22,23)18-11-9-17(24-4)10-12-18/h5-12,19-20H,2H2,1,3-4H3/t19-/m1/s1. The van der Waals surface area contributed by atoms with Crippen LogP contribution in [0.5, 0.6) is 5.75 Å². The van der Waals surface area contributed by atoms with Crippen LogP contribution >= 0.6 is 0 Å². The van der Waals surface area contributed by atoms with Crippen molar-refractivity contribution >= 4 is 15.8 Å². The van der Waals surface area contributed by atoms with Gasteiger partial charge in [0.2, 0.25) is 10.0 Å². The van der Waals surface area contributed by atoms with Crippen LogP contribution in [0.4, 0.5) is 0 Å². The zero-order valence-electron chi connectivity index (χ0n) is 14.4. The van der Waals surface area contributed by atoms with E-state index in [4.69, 9.17) is 4.74 Å². The second-order valence-electron chi connectivity index (χ2n) is 5.72.